The van der Waals surface area contributed by atoms with Crippen LogP contribution in [0.2, 0.25) is 5.02 Å². The van der Waals surface area contributed by atoms with E-state index in [1.807, 2.05) is 0 Å². The maximum absolute atomic E-state index is 9.13. The molecule has 0 amide bonds. The monoisotopic (exact) mass is 279 g/mol. The Balaban J connectivity index is 2.77. The van der Waals surface area contributed by atoms with Crippen LogP contribution < -0.4 is 10.5 Å². The minimum atomic E-state index is -0.770. The van der Waals surface area contributed by atoms with Crippen molar-refractivity contribution in [2.75, 3.05) is 0 Å². The Morgan fingerprint density at radius 2 is 2.21 bits per heavy atom. The number of nitrogens with two attached hydrogens (primary N) is 1. The number of hydrogen-bond donors (Lipinski definition) is 2. The van der Waals surface area contributed by atoms with Gasteiger partial charge in [0, 0.05) is 4.47 Å². The lowest BCUT2D eigenvalue weighted by Crippen LogP contribution is -2.37. The highest BCUT2D eigenvalue weighted by Crippen LogP contribution is 2.28. The van der Waals surface area contributed by atoms with Gasteiger partial charge in [-0.25, -0.2) is 0 Å². The van der Waals surface area contributed by atoms with Gasteiger partial charge >= 0.3 is 0 Å². The second-order valence-electron chi connectivity index (χ2n) is 2.90. The first kappa shape index (κ1) is 11.8. The van der Waals surface area contributed by atoms with Gasteiger partial charge in [-0.15, -0.1) is 0 Å². The molecular formula is C9H11BrClNO2. The highest BCUT2D eigenvalue weighted by Gasteiger charge is 2.12. The molecule has 0 heterocycles. The predicted molar refractivity (Wildman–Crippen MR) is 59.4 cm³/mol. The minimum Gasteiger partial charge on any atom is -0.471 e. The Labute approximate surface area is 95.9 Å². The summed E-state index contributed by atoms with van der Waals surface area (Å²) in [5.41, 5.74) is 5.51. The van der Waals surface area contributed by atoms with Crippen LogP contribution in [-0.4, -0.2) is 17.4 Å². The van der Waals surface area contributed by atoms with E-state index in [0.29, 0.717) is 10.8 Å². The molecule has 78 valence electrons. The Hall–Kier alpha value is -0.290. The molecule has 0 bridgehead atoms. The molecule has 5 heteroatoms. The average Bonchev–Trinajstić information content (AvgIpc) is 2.09. The first-order chi connectivity index (χ1) is 6.50. The lowest BCUT2D eigenvalue weighted by atomic mass is 10.3. The Morgan fingerprint density at radius 3 is 2.71 bits per heavy atom. The highest BCUT2D eigenvalue weighted by atomic mass is 79.9. The van der Waals surface area contributed by atoms with Crippen LogP contribution in [0.3, 0.4) is 0 Å². The number of benzene rings is 1. The molecule has 0 saturated heterocycles. The summed E-state index contributed by atoms with van der Waals surface area (Å²) in [6.45, 7) is 1.55. The molecule has 2 unspecified atom stereocenters. The van der Waals surface area contributed by atoms with Gasteiger partial charge in [0.05, 0.1) is 5.02 Å². The van der Waals surface area contributed by atoms with E-state index in [4.69, 9.17) is 27.2 Å². The molecule has 3 N–H and O–H groups in total. The maximum atomic E-state index is 9.13. The van der Waals surface area contributed by atoms with Crippen molar-refractivity contribution in [1.82, 2.24) is 0 Å². The van der Waals surface area contributed by atoms with Crippen molar-refractivity contribution in [2.45, 2.75) is 19.3 Å². The highest BCUT2D eigenvalue weighted by molar-refractivity contribution is 9.10. The van der Waals surface area contributed by atoms with Crippen molar-refractivity contribution in [2.24, 2.45) is 5.73 Å². The van der Waals surface area contributed by atoms with Crippen LogP contribution >= 0.6 is 27.5 Å². The Kier molecular flexibility index (Phi) is 4.19. The van der Waals surface area contributed by atoms with Crippen LogP contribution in [0.4, 0.5) is 0 Å². The van der Waals surface area contributed by atoms with E-state index in [9.17, 15) is 0 Å². The third kappa shape index (κ3) is 3.13. The van der Waals surface area contributed by atoms with E-state index >= 15 is 0 Å². The number of aliphatic hydroxyl groups is 1. The lowest BCUT2D eigenvalue weighted by Gasteiger charge is -2.17. The molecule has 0 aliphatic heterocycles. The molecule has 0 aromatic heterocycles. The zero-order chi connectivity index (χ0) is 10.7. The summed E-state index contributed by atoms with van der Waals surface area (Å²) in [4.78, 5) is 0. The van der Waals surface area contributed by atoms with E-state index < -0.39 is 12.3 Å². The SMILES string of the molecule is CC(O)C(N)Oc1ccc(Br)cc1Cl. The predicted octanol–water partition coefficient (Wildman–Crippen LogP) is 2.15. The van der Waals surface area contributed by atoms with Crippen molar-refractivity contribution >= 4 is 27.5 Å². The maximum Gasteiger partial charge on any atom is 0.173 e. The lowest BCUT2D eigenvalue weighted by molar-refractivity contribution is 0.0529. The van der Waals surface area contributed by atoms with Gasteiger partial charge in [-0.3, -0.25) is 5.73 Å². The fraction of sp³-hybridized carbons (Fsp3) is 0.333. The summed E-state index contributed by atoms with van der Waals surface area (Å²) in [5.74, 6) is 0.461. The van der Waals surface area contributed by atoms with Crippen LogP contribution in [0, 0.1) is 0 Å². The summed E-state index contributed by atoms with van der Waals surface area (Å²) in [5, 5.41) is 9.58. The minimum absolute atomic E-state index is 0.454. The first-order valence-electron chi connectivity index (χ1n) is 4.06. The topological polar surface area (TPSA) is 55.5 Å². The second-order valence-corrected chi connectivity index (χ2v) is 4.22. The van der Waals surface area contributed by atoms with Crippen molar-refractivity contribution in [1.29, 1.82) is 0 Å². The van der Waals surface area contributed by atoms with Crippen molar-refractivity contribution in [3.8, 4) is 5.75 Å². The van der Waals surface area contributed by atoms with Gasteiger partial charge in [0.25, 0.3) is 0 Å². The van der Waals surface area contributed by atoms with E-state index in [0.717, 1.165) is 4.47 Å². The van der Waals surface area contributed by atoms with Crippen LogP contribution in [0.5, 0.6) is 5.75 Å². The van der Waals surface area contributed by atoms with Gasteiger partial charge in [0.1, 0.15) is 11.9 Å². The molecule has 1 aromatic rings. The zero-order valence-electron chi connectivity index (χ0n) is 7.58. The van der Waals surface area contributed by atoms with Gasteiger partial charge in [-0.2, -0.15) is 0 Å². The third-order valence-electron chi connectivity index (χ3n) is 1.63. The Morgan fingerprint density at radius 1 is 1.57 bits per heavy atom. The van der Waals surface area contributed by atoms with E-state index in [-0.39, 0.29) is 0 Å². The molecule has 2 atom stereocenters. The van der Waals surface area contributed by atoms with E-state index in [1.54, 1.807) is 25.1 Å². The molecule has 0 fully saturated rings. The van der Waals surface area contributed by atoms with Gasteiger partial charge in [0.2, 0.25) is 0 Å². The number of halogens is 2. The Bertz CT molecular complexity index is 320. The average molecular weight is 281 g/mol. The van der Waals surface area contributed by atoms with Gasteiger partial charge in [0.15, 0.2) is 6.23 Å². The van der Waals surface area contributed by atoms with E-state index in [2.05, 4.69) is 15.9 Å². The summed E-state index contributed by atoms with van der Waals surface area (Å²) >= 11 is 9.16. The number of hydrogen-bond acceptors (Lipinski definition) is 3. The molecule has 1 aromatic carbocycles. The van der Waals surface area contributed by atoms with Crippen LogP contribution in [0.25, 0.3) is 0 Å². The molecule has 3 nitrogen and oxygen atoms in total. The van der Waals surface area contributed by atoms with Crippen LogP contribution in [0.1, 0.15) is 6.92 Å². The number of rotatable bonds is 3. The normalized spacial score (nSPS) is 14.9. The summed E-state index contributed by atoms with van der Waals surface area (Å²) in [6.07, 6.45) is -1.51. The summed E-state index contributed by atoms with van der Waals surface area (Å²) in [6, 6.07) is 5.18. The quantitative estimate of drug-likeness (QED) is 0.834. The fourth-order valence-electron chi connectivity index (χ4n) is 0.816. The fourth-order valence-corrected chi connectivity index (χ4v) is 1.53. The molecule has 14 heavy (non-hydrogen) atoms. The molecule has 0 aliphatic carbocycles. The largest absolute Gasteiger partial charge is 0.471 e. The number of aliphatic hydroxyl groups excluding tert-OH is 1. The molecular weight excluding hydrogens is 269 g/mol. The zero-order valence-corrected chi connectivity index (χ0v) is 9.92. The summed E-state index contributed by atoms with van der Waals surface area (Å²) in [7, 11) is 0. The first-order valence-corrected chi connectivity index (χ1v) is 5.23. The van der Waals surface area contributed by atoms with Gasteiger partial charge < -0.3 is 9.84 Å². The van der Waals surface area contributed by atoms with E-state index in [1.165, 1.54) is 0 Å². The molecule has 0 radical (unpaired) electrons. The third-order valence-corrected chi connectivity index (χ3v) is 2.42. The number of ether oxygens (including phenoxy) is 1. The molecule has 0 spiro atoms. The molecule has 1 rings (SSSR count). The van der Waals surface area contributed by atoms with Crippen LogP contribution in [-0.2, 0) is 0 Å². The van der Waals surface area contributed by atoms with Crippen LogP contribution in [0.15, 0.2) is 22.7 Å². The second kappa shape index (κ2) is 4.98. The van der Waals surface area contributed by atoms with Gasteiger partial charge in [-0.1, -0.05) is 27.5 Å². The standard InChI is InChI=1S/C9H11BrClNO2/c1-5(13)9(12)14-8-3-2-6(10)4-7(8)11/h2-5,9,13H,12H2,1H3. The van der Waals surface area contributed by atoms with Crippen molar-refractivity contribution < 1.29 is 9.84 Å². The van der Waals surface area contributed by atoms with Crippen molar-refractivity contribution in [3.05, 3.63) is 27.7 Å². The van der Waals surface area contributed by atoms with Gasteiger partial charge in [-0.05, 0) is 25.1 Å². The molecule has 0 aliphatic rings. The van der Waals surface area contributed by atoms with Crippen molar-refractivity contribution in [3.63, 3.8) is 0 Å². The summed E-state index contributed by atoms with van der Waals surface area (Å²) < 4.78 is 6.10. The molecule has 0 saturated carbocycles. The smallest absolute Gasteiger partial charge is 0.173 e.